The van der Waals surface area contributed by atoms with Crippen molar-refractivity contribution in [1.29, 1.82) is 0 Å². The van der Waals surface area contributed by atoms with E-state index in [0.717, 1.165) is 18.7 Å². The van der Waals surface area contributed by atoms with Crippen LogP contribution in [0.4, 0.5) is 13.2 Å². The van der Waals surface area contributed by atoms with Crippen molar-refractivity contribution in [3.05, 3.63) is 18.2 Å². The van der Waals surface area contributed by atoms with Gasteiger partial charge in [-0.25, -0.2) is 18.0 Å². The zero-order valence-electron chi connectivity index (χ0n) is 11.3. The molecule has 0 saturated carbocycles. The second kappa shape index (κ2) is 7.60. The van der Waals surface area contributed by atoms with E-state index in [4.69, 9.17) is 17.7 Å². The number of aromatic nitrogens is 2. The number of methoxy groups -OCH3 is 1. The van der Waals surface area contributed by atoms with E-state index >= 15 is 0 Å². The fourth-order valence-corrected chi connectivity index (χ4v) is 1.37. The molecular formula is C10H17F3N2O4S. The first-order valence-corrected chi connectivity index (χ1v) is 7.03. The fourth-order valence-electron chi connectivity index (χ4n) is 1.37. The summed E-state index contributed by atoms with van der Waals surface area (Å²) >= 11 is 0. The number of imidazole rings is 1. The fraction of sp³-hybridized carbons (Fsp3) is 0.700. The molecule has 0 aliphatic heterocycles. The van der Waals surface area contributed by atoms with E-state index in [1.54, 1.807) is 7.11 Å². The minimum atomic E-state index is -6.09. The quantitative estimate of drug-likeness (QED) is 0.516. The van der Waals surface area contributed by atoms with Gasteiger partial charge in [-0.2, -0.15) is 13.2 Å². The predicted molar refractivity (Wildman–Crippen MR) is 62.4 cm³/mol. The average molecular weight is 318 g/mol. The summed E-state index contributed by atoms with van der Waals surface area (Å²) in [6.45, 7) is 2.16. The Morgan fingerprint density at radius 3 is 2.25 bits per heavy atom. The van der Waals surface area contributed by atoms with Crippen molar-refractivity contribution in [2.75, 3.05) is 7.11 Å². The van der Waals surface area contributed by atoms with Crippen molar-refractivity contribution in [2.45, 2.75) is 31.4 Å². The molecule has 1 aromatic heterocycles. The van der Waals surface area contributed by atoms with Crippen molar-refractivity contribution in [2.24, 2.45) is 7.05 Å². The van der Waals surface area contributed by atoms with Gasteiger partial charge in [0, 0.05) is 7.11 Å². The summed E-state index contributed by atoms with van der Waals surface area (Å²) in [6.07, 6.45) is 6.33. The molecule has 0 amide bonds. The normalized spacial score (nSPS) is 13.6. The molecule has 0 bridgehead atoms. The van der Waals surface area contributed by atoms with Crippen LogP contribution in [-0.2, 0) is 21.9 Å². The van der Waals surface area contributed by atoms with Gasteiger partial charge in [0.25, 0.3) is 5.82 Å². The Labute approximate surface area is 115 Å². The number of aryl methyl sites for hydroxylation is 1. The minimum absolute atomic E-state index is 0.204. The zero-order chi connectivity index (χ0) is 16.0. The molecule has 10 heteroatoms. The van der Waals surface area contributed by atoms with Gasteiger partial charge in [0.1, 0.15) is 12.4 Å². The predicted octanol–water partition coefficient (Wildman–Crippen LogP) is 1.38. The zero-order valence-corrected chi connectivity index (χ0v) is 12.1. The molecule has 0 aliphatic carbocycles. The molecule has 0 saturated heterocycles. The second-order valence-corrected chi connectivity index (χ2v) is 5.24. The summed E-state index contributed by atoms with van der Waals surface area (Å²) in [5.41, 5.74) is -5.65. The topological polar surface area (TPSA) is 86.1 Å². The van der Waals surface area contributed by atoms with Crippen LogP contribution in [-0.4, -0.2) is 30.6 Å². The Hall–Kier alpha value is -1.13. The van der Waals surface area contributed by atoms with E-state index in [9.17, 15) is 13.2 Å². The van der Waals surface area contributed by atoms with Crippen LogP contribution in [0.1, 0.15) is 31.7 Å². The third-order valence-electron chi connectivity index (χ3n) is 2.33. The van der Waals surface area contributed by atoms with E-state index in [2.05, 4.69) is 16.5 Å². The lowest BCUT2D eigenvalue weighted by atomic mass is 10.2. The number of nitrogens with one attached hydrogen (secondary N) is 1. The van der Waals surface area contributed by atoms with Crippen molar-refractivity contribution >= 4 is 10.1 Å². The van der Waals surface area contributed by atoms with Crippen LogP contribution >= 0.6 is 0 Å². The number of H-pyrrole nitrogens is 1. The van der Waals surface area contributed by atoms with Gasteiger partial charge in [0.15, 0.2) is 16.2 Å². The minimum Gasteiger partial charge on any atom is -0.741 e. The van der Waals surface area contributed by atoms with Crippen LogP contribution in [0.15, 0.2) is 12.4 Å². The molecule has 118 valence electrons. The smallest absolute Gasteiger partial charge is 0.485 e. The average Bonchev–Trinajstić information content (AvgIpc) is 2.70. The summed E-state index contributed by atoms with van der Waals surface area (Å²) in [6, 6.07) is 0. The van der Waals surface area contributed by atoms with Gasteiger partial charge in [0.05, 0.1) is 7.05 Å². The maximum atomic E-state index is 10.7. The van der Waals surface area contributed by atoms with Crippen LogP contribution in [0.3, 0.4) is 0 Å². The summed E-state index contributed by atoms with van der Waals surface area (Å²) in [7, 11) is -2.32. The molecule has 1 heterocycles. The highest BCUT2D eigenvalue weighted by atomic mass is 32.2. The van der Waals surface area contributed by atoms with E-state index in [-0.39, 0.29) is 6.10 Å². The molecule has 1 atom stereocenters. The van der Waals surface area contributed by atoms with E-state index < -0.39 is 15.6 Å². The van der Waals surface area contributed by atoms with Crippen LogP contribution in [0.5, 0.6) is 0 Å². The second-order valence-electron chi connectivity index (χ2n) is 3.87. The lowest BCUT2D eigenvalue weighted by molar-refractivity contribution is -0.681. The van der Waals surface area contributed by atoms with Gasteiger partial charge in [-0.15, -0.1) is 0 Å². The Morgan fingerprint density at radius 1 is 1.50 bits per heavy atom. The Morgan fingerprint density at radius 2 is 2.00 bits per heavy atom. The molecule has 1 rings (SSSR count). The molecule has 0 fully saturated rings. The van der Waals surface area contributed by atoms with Crippen LogP contribution in [0.2, 0.25) is 0 Å². The van der Waals surface area contributed by atoms with E-state index in [0.29, 0.717) is 0 Å². The highest BCUT2D eigenvalue weighted by molar-refractivity contribution is 7.86. The lowest BCUT2D eigenvalue weighted by Crippen LogP contribution is -2.32. The molecule has 6 nitrogen and oxygen atoms in total. The Bertz CT molecular complexity index is 499. The van der Waals surface area contributed by atoms with Crippen LogP contribution < -0.4 is 4.57 Å². The third kappa shape index (κ3) is 5.88. The van der Waals surface area contributed by atoms with Gasteiger partial charge in [-0.05, 0) is 6.42 Å². The number of alkyl halides is 3. The molecule has 1 aromatic rings. The van der Waals surface area contributed by atoms with Crippen LogP contribution in [0.25, 0.3) is 0 Å². The number of rotatable bonds is 4. The highest BCUT2D eigenvalue weighted by Gasteiger charge is 2.36. The number of ether oxygens (including phenoxy) is 1. The standard InChI is InChI=1S/C9H16N2O.CHF3O3S/c1-4-5-8(12-3)9-10-6-7-11(9)2;2-1(3,4)8(5,6)7/h6-8H,4-5H2,1-3H3;(H,5,6,7). The molecule has 1 unspecified atom stereocenters. The Kier molecular flexibility index (Phi) is 7.17. The highest BCUT2D eigenvalue weighted by Crippen LogP contribution is 2.20. The van der Waals surface area contributed by atoms with E-state index in [1.165, 1.54) is 0 Å². The Balaban J connectivity index is 0.000000396. The van der Waals surface area contributed by atoms with Gasteiger partial charge in [-0.3, -0.25) is 0 Å². The maximum absolute atomic E-state index is 10.7. The van der Waals surface area contributed by atoms with Crippen molar-refractivity contribution in [3.8, 4) is 0 Å². The number of nitrogens with zero attached hydrogens (tertiary/aromatic N) is 1. The monoisotopic (exact) mass is 318 g/mol. The first-order chi connectivity index (χ1) is 9.04. The summed E-state index contributed by atoms with van der Waals surface area (Å²) in [5.74, 6) is 1.14. The number of hydrogen-bond donors (Lipinski definition) is 1. The maximum Gasteiger partial charge on any atom is 0.485 e. The molecule has 0 spiro atoms. The summed E-state index contributed by atoms with van der Waals surface area (Å²) in [4.78, 5) is 3.18. The SMILES string of the molecule is CCCC(OC)c1[nH]cc[n+]1C.O=S(=O)([O-])C(F)(F)F. The molecule has 0 aromatic carbocycles. The van der Waals surface area contributed by atoms with E-state index in [1.807, 2.05) is 19.4 Å². The molecule has 0 aliphatic rings. The van der Waals surface area contributed by atoms with Crippen molar-refractivity contribution in [1.82, 2.24) is 4.98 Å². The number of aromatic amines is 1. The number of halogens is 3. The summed E-state index contributed by atoms with van der Waals surface area (Å²) in [5, 5.41) is 0. The molecule has 1 N–H and O–H groups in total. The molecule has 20 heavy (non-hydrogen) atoms. The van der Waals surface area contributed by atoms with Gasteiger partial charge < -0.3 is 9.29 Å². The van der Waals surface area contributed by atoms with Gasteiger partial charge in [-0.1, -0.05) is 13.3 Å². The molecule has 0 radical (unpaired) electrons. The first kappa shape index (κ1) is 18.9. The van der Waals surface area contributed by atoms with Crippen molar-refractivity contribution < 1.29 is 35.4 Å². The largest absolute Gasteiger partial charge is 0.741 e. The van der Waals surface area contributed by atoms with Gasteiger partial charge in [0.2, 0.25) is 0 Å². The molecular weight excluding hydrogens is 301 g/mol. The lowest BCUT2D eigenvalue weighted by Gasteiger charge is -2.08. The third-order valence-corrected chi connectivity index (χ3v) is 2.90. The van der Waals surface area contributed by atoms with Crippen LogP contribution in [0, 0.1) is 0 Å². The van der Waals surface area contributed by atoms with Crippen molar-refractivity contribution in [3.63, 3.8) is 0 Å². The number of hydrogen-bond acceptors (Lipinski definition) is 4. The first-order valence-electron chi connectivity index (χ1n) is 5.62. The van der Waals surface area contributed by atoms with Gasteiger partial charge >= 0.3 is 5.51 Å². The summed E-state index contributed by atoms with van der Waals surface area (Å²) < 4.78 is 66.3.